The van der Waals surface area contributed by atoms with Crippen molar-refractivity contribution in [2.45, 2.75) is 45.6 Å². The highest BCUT2D eigenvalue weighted by atomic mass is 16.5. The molecule has 0 radical (unpaired) electrons. The van der Waals surface area contributed by atoms with Crippen LogP contribution in [0, 0.1) is 5.92 Å². The molecule has 0 bridgehead atoms. The highest BCUT2D eigenvalue weighted by Crippen LogP contribution is 2.32. The molecular formula is C22H26N4O3. The van der Waals surface area contributed by atoms with Gasteiger partial charge < -0.3 is 14.6 Å². The molecule has 0 aromatic carbocycles. The first-order chi connectivity index (χ1) is 14.1. The number of fused-ring (bicyclic) bond motifs is 1. The number of ether oxygens (including phenoxy) is 1. The maximum Gasteiger partial charge on any atom is 0.270 e. The summed E-state index contributed by atoms with van der Waals surface area (Å²) < 4.78 is 10.8. The van der Waals surface area contributed by atoms with Crippen LogP contribution in [0.15, 0.2) is 35.1 Å². The van der Waals surface area contributed by atoms with Gasteiger partial charge in [-0.05, 0) is 48.8 Å². The monoisotopic (exact) mass is 394 g/mol. The molecule has 0 atom stereocenters. The molecule has 29 heavy (non-hydrogen) atoms. The lowest BCUT2D eigenvalue weighted by Gasteiger charge is -2.23. The summed E-state index contributed by atoms with van der Waals surface area (Å²) in [6.07, 6.45) is 6.26. The van der Waals surface area contributed by atoms with Crippen LogP contribution >= 0.6 is 0 Å². The van der Waals surface area contributed by atoms with Gasteiger partial charge in [0.05, 0.1) is 17.8 Å². The lowest BCUT2D eigenvalue weighted by Crippen LogP contribution is -2.24. The second-order valence-electron chi connectivity index (χ2n) is 7.94. The van der Waals surface area contributed by atoms with E-state index in [4.69, 9.17) is 9.26 Å². The molecule has 3 aromatic heterocycles. The summed E-state index contributed by atoms with van der Waals surface area (Å²) in [5, 5.41) is 7.97. The Bertz CT molecular complexity index is 993. The Hall–Kier alpha value is -2.80. The Balaban J connectivity index is 1.53. The summed E-state index contributed by atoms with van der Waals surface area (Å²) in [5.74, 6) is 1.27. The summed E-state index contributed by atoms with van der Waals surface area (Å²) in [5.41, 5.74) is 3.22. The van der Waals surface area contributed by atoms with E-state index in [0.717, 1.165) is 54.6 Å². The van der Waals surface area contributed by atoms with E-state index in [1.54, 1.807) is 6.20 Å². The molecule has 4 rings (SSSR count). The fourth-order valence-corrected chi connectivity index (χ4v) is 3.77. The quantitative estimate of drug-likeness (QED) is 0.686. The number of amides is 1. The van der Waals surface area contributed by atoms with Gasteiger partial charge in [-0.25, -0.2) is 4.98 Å². The largest absolute Gasteiger partial charge is 0.381 e. The Morgan fingerprint density at radius 3 is 2.90 bits per heavy atom. The van der Waals surface area contributed by atoms with Crippen LogP contribution in [0.4, 0.5) is 0 Å². The zero-order valence-electron chi connectivity index (χ0n) is 16.9. The summed E-state index contributed by atoms with van der Waals surface area (Å²) >= 11 is 0. The van der Waals surface area contributed by atoms with Crippen molar-refractivity contribution in [3.8, 4) is 0 Å². The molecule has 3 aromatic rings. The van der Waals surface area contributed by atoms with Gasteiger partial charge in [-0.1, -0.05) is 19.0 Å². The standard InChI is InChI=1S/C22H26N4O3/c1-14(2)9-16-10-17(29-26-16)12-24-22(27)21-11-18(15-4-7-28-8-5-15)19-13-23-6-3-20(19)25-21/h3,6,10-11,13-15H,4-5,7-9,12H2,1-2H3,(H,24,27). The maximum absolute atomic E-state index is 12.8. The molecule has 1 N–H and O–H groups in total. The number of carbonyl (C=O) groups excluding carboxylic acids is 1. The van der Waals surface area contributed by atoms with Gasteiger partial charge in [0.15, 0.2) is 5.76 Å². The normalized spacial score (nSPS) is 15.1. The van der Waals surface area contributed by atoms with Crippen molar-refractivity contribution in [2.75, 3.05) is 13.2 Å². The molecule has 0 unspecified atom stereocenters. The molecule has 1 aliphatic rings. The van der Waals surface area contributed by atoms with Crippen molar-refractivity contribution in [2.24, 2.45) is 5.92 Å². The van der Waals surface area contributed by atoms with Crippen LogP contribution in [0.25, 0.3) is 10.9 Å². The van der Waals surface area contributed by atoms with Crippen molar-refractivity contribution in [3.63, 3.8) is 0 Å². The lowest BCUT2D eigenvalue weighted by molar-refractivity contribution is 0.0855. The highest BCUT2D eigenvalue weighted by Gasteiger charge is 2.21. The van der Waals surface area contributed by atoms with E-state index in [1.165, 1.54) is 0 Å². The SMILES string of the molecule is CC(C)Cc1cc(CNC(=O)c2cc(C3CCOCC3)c3cnccc3n2)on1. The molecule has 1 fully saturated rings. The minimum Gasteiger partial charge on any atom is -0.381 e. The second-order valence-corrected chi connectivity index (χ2v) is 7.94. The summed E-state index contributed by atoms with van der Waals surface area (Å²) in [6.45, 7) is 6.02. The van der Waals surface area contributed by atoms with Gasteiger partial charge in [0.1, 0.15) is 5.69 Å². The van der Waals surface area contributed by atoms with Crippen molar-refractivity contribution in [1.29, 1.82) is 0 Å². The number of rotatable bonds is 6. The molecule has 7 heteroatoms. The van der Waals surface area contributed by atoms with Gasteiger partial charge in [-0.3, -0.25) is 9.78 Å². The van der Waals surface area contributed by atoms with Crippen molar-refractivity contribution < 1.29 is 14.1 Å². The Kier molecular flexibility index (Phi) is 5.85. The summed E-state index contributed by atoms with van der Waals surface area (Å²) in [4.78, 5) is 21.6. The Labute approximate surface area is 169 Å². The van der Waals surface area contributed by atoms with Crippen molar-refractivity contribution >= 4 is 16.8 Å². The fourth-order valence-electron chi connectivity index (χ4n) is 3.77. The third-order valence-electron chi connectivity index (χ3n) is 5.18. The minimum absolute atomic E-state index is 0.223. The Morgan fingerprint density at radius 2 is 2.10 bits per heavy atom. The molecular weight excluding hydrogens is 368 g/mol. The number of hydrogen-bond donors (Lipinski definition) is 1. The van der Waals surface area contributed by atoms with E-state index in [2.05, 4.69) is 34.3 Å². The van der Waals surface area contributed by atoms with Crippen LogP contribution in [0.5, 0.6) is 0 Å². The zero-order chi connectivity index (χ0) is 20.2. The van der Waals surface area contributed by atoms with Crippen LogP contribution < -0.4 is 5.32 Å². The van der Waals surface area contributed by atoms with Gasteiger partial charge in [-0.15, -0.1) is 0 Å². The Morgan fingerprint density at radius 1 is 1.28 bits per heavy atom. The number of nitrogens with zero attached hydrogens (tertiary/aromatic N) is 3. The van der Waals surface area contributed by atoms with E-state index in [-0.39, 0.29) is 12.5 Å². The average Bonchev–Trinajstić information content (AvgIpc) is 3.18. The van der Waals surface area contributed by atoms with E-state index >= 15 is 0 Å². The molecule has 0 spiro atoms. The van der Waals surface area contributed by atoms with Crippen LogP contribution in [0.2, 0.25) is 0 Å². The van der Waals surface area contributed by atoms with Gasteiger partial charge in [0.2, 0.25) is 0 Å². The summed E-state index contributed by atoms with van der Waals surface area (Å²) in [6, 6.07) is 5.65. The third-order valence-corrected chi connectivity index (χ3v) is 5.18. The molecule has 4 heterocycles. The van der Waals surface area contributed by atoms with E-state index in [0.29, 0.717) is 23.3 Å². The molecule has 1 aliphatic heterocycles. The van der Waals surface area contributed by atoms with Gasteiger partial charge in [0.25, 0.3) is 5.91 Å². The van der Waals surface area contributed by atoms with Crippen molar-refractivity contribution in [3.05, 3.63) is 53.3 Å². The van der Waals surface area contributed by atoms with Crippen LogP contribution in [-0.4, -0.2) is 34.2 Å². The predicted octanol–water partition coefficient (Wildman–Crippen LogP) is 3.64. The number of nitrogens with one attached hydrogen (secondary N) is 1. The average molecular weight is 394 g/mol. The van der Waals surface area contributed by atoms with Crippen molar-refractivity contribution in [1.82, 2.24) is 20.4 Å². The van der Waals surface area contributed by atoms with Gasteiger partial charge in [0, 0.05) is 37.1 Å². The number of aromatic nitrogens is 3. The fraction of sp³-hybridized carbons (Fsp3) is 0.455. The molecule has 1 amide bonds. The molecule has 0 saturated carbocycles. The molecule has 0 aliphatic carbocycles. The van der Waals surface area contributed by atoms with Crippen LogP contribution in [0.1, 0.15) is 60.1 Å². The zero-order valence-corrected chi connectivity index (χ0v) is 16.9. The van der Waals surface area contributed by atoms with Crippen LogP contribution in [-0.2, 0) is 17.7 Å². The lowest BCUT2D eigenvalue weighted by atomic mass is 9.89. The first-order valence-corrected chi connectivity index (χ1v) is 10.1. The maximum atomic E-state index is 12.8. The molecule has 1 saturated heterocycles. The highest BCUT2D eigenvalue weighted by molar-refractivity contribution is 5.95. The number of hydrogen-bond acceptors (Lipinski definition) is 6. The molecule has 7 nitrogen and oxygen atoms in total. The first-order valence-electron chi connectivity index (χ1n) is 10.1. The molecule has 152 valence electrons. The predicted molar refractivity (Wildman–Crippen MR) is 109 cm³/mol. The topological polar surface area (TPSA) is 90.1 Å². The van der Waals surface area contributed by atoms with E-state index in [1.807, 2.05) is 24.4 Å². The van der Waals surface area contributed by atoms with E-state index < -0.39 is 0 Å². The van der Waals surface area contributed by atoms with E-state index in [9.17, 15) is 4.79 Å². The number of carbonyl (C=O) groups is 1. The van der Waals surface area contributed by atoms with Crippen LogP contribution in [0.3, 0.4) is 0 Å². The summed E-state index contributed by atoms with van der Waals surface area (Å²) in [7, 11) is 0. The number of pyridine rings is 2. The van der Waals surface area contributed by atoms with Gasteiger partial charge in [-0.2, -0.15) is 0 Å². The smallest absolute Gasteiger partial charge is 0.270 e. The first kappa shape index (κ1) is 19.5. The second kappa shape index (κ2) is 8.69. The third kappa shape index (κ3) is 4.62. The van der Waals surface area contributed by atoms with Gasteiger partial charge >= 0.3 is 0 Å². The minimum atomic E-state index is -0.223.